The molecule has 2 heterocycles. The van der Waals surface area contributed by atoms with Gasteiger partial charge in [0.1, 0.15) is 6.61 Å². The molecule has 6 heteroatoms. The van der Waals surface area contributed by atoms with Crippen LogP contribution in [0.1, 0.15) is 5.56 Å². The van der Waals surface area contributed by atoms with Crippen molar-refractivity contribution in [3.63, 3.8) is 0 Å². The van der Waals surface area contributed by atoms with Crippen LogP contribution < -0.4 is 0 Å². The van der Waals surface area contributed by atoms with E-state index in [1.807, 2.05) is 30.3 Å². The quantitative estimate of drug-likeness (QED) is 0.593. The Bertz CT molecular complexity index is 534. The number of nitrogens with zero attached hydrogens (tertiary/aromatic N) is 1. The first kappa shape index (κ1) is 12.7. The zero-order valence-electron chi connectivity index (χ0n) is 10.7. The van der Waals surface area contributed by atoms with Crippen LogP contribution in [0.25, 0.3) is 0 Å². The van der Waals surface area contributed by atoms with E-state index in [2.05, 4.69) is 4.74 Å². The summed E-state index contributed by atoms with van der Waals surface area (Å²) in [6.45, 7) is 0.537. The molecule has 1 aromatic carbocycles. The summed E-state index contributed by atoms with van der Waals surface area (Å²) in [5, 5.41) is 0. The van der Waals surface area contributed by atoms with E-state index < -0.39 is 29.9 Å². The molecule has 2 fully saturated rings. The van der Waals surface area contributed by atoms with E-state index in [-0.39, 0.29) is 19.7 Å². The van der Waals surface area contributed by atoms with Crippen LogP contribution in [-0.4, -0.2) is 36.0 Å². The fourth-order valence-corrected chi connectivity index (χ4v) is 2.49. The van der Waals surface area contributed by atoms with Crippen LogP contribution in [0.3, 0.4) is 0 Å². The van der Waals surface area contributed by atoms with Crippen LogP contribution in [0, 0.1) is 11.8 Å². The molecule has 2 unspecified atom stereocenters. The zero-order chi connectivity index (χ0) is 14.1. The predicted molar refractivity (Wildman–Crippen MR) is 66.3 cm³/mol. The maximum absolute atomic E-state index is 11.9. The Morgan fingerprint density at radius 1 is 1.15 bits per heavy atom. The van der Waals surface area contributed by atoms with Gasteiger partial charge < -0.3 is 14.4 Å². The second-order valence-corrected chi connectivity index (χ2v) is 4.90. The smallest absolute Gasteiger partial charge is 0.410 e. The number of hydrogen-bond donors (Lipinski definition) is 0. The first-order valence-electron chi connectivity index (χ1n) is 6.36. The number of benzene rings is 1. The topological polar surface area (TPSA) is 72.9 Å². The third-order valence-corrected chi connectivity index (χ3v) is 3.59. The molecular formula is C14H13NO5. The summed E-state index contributed by atoms with van der Waals surface area (Å²) in [6.07, 6.45) is -0.510. The second-order valence-electron chi connectivity index (χ2n) is 4.90. The van der Waals surface area contributed by atoms with E-state index in [0.29, 0.717) is 0 Å². The number of cyclic esters (lactones) is 2. The molecule has 1 amide bonds. The van der Waals surface area contributed by atoms with Gasteiger partial charge in [-0.3, -0.25) is 9.59 Å². The molecule has 0 N–H and O–H groups in total. The van der Waals surface area contributed by atoms with Gasteiger partial charge in [-0.05, 0) is 5.56 Å². The Labute approximate surface area is 115 Å². The van der Waals surface area contributed by atoms with Crippen LogP contribution in [0.4, 0.5) is 4.79 Å². The van der Waals surface area contributed by atoms with Crippen molar-refractivity contribution >= 4 is 18.0 Å². The van der Waals surface area contributed by atoms with Gasteiger partial charge in [-0.1, -0.05) is 30.3 Å². The number of hydrogen-bond acceptors (Lipinski definition) is 5. The molecule has 2 saturated heterocycles. The minimum absolute atomic E-state index is 0.171. The average Bonchev–Trinajstić information content (AvgIpc) is 3.00. The summed E-state index contributed by atoms with van der Waals surface area (Å²) in [5.41, 5.74) is 0.885. The number of rotatable bonds is 2. The van der Waals surface area contributed by atoms with Gasteiger partial charge in [0.05, 0.1) is 11.8 Å². The highest BCUT2D eigenvalue weighted by molar-refractivity contribution is 5.97. The van der Waals surface area contributed by atoms with Gasteiger partial charge in [-0.15, -0.1) is 0 Å². The minimum atomic E-state index is -0.543. The van der Waals surface area contributed by atoms with Crippen molar-refractivity contribution < 1.29 is 23.9 Å². The molecule has 3 rings (SSSR count). The van der Waals surface area contributed by atoms with E-state index in [4.69, 9.17) is 4.74 Å². The third kappa shape index (κ3) is 2.24. The molecular weight excluding hydrogens is 262 g/mol. The molecule has 0 aliphatic carbocycles. The molecule has 0 spiro atoms. The van der Waals surface area contributed by atoms with Crippen molar-refractivity contribution in [2.75, 3.05) is 13.1 Å². The van der Waals surface area contributed by atoms with E-state index in [1.54, 1.807) is 0 Å². The van der Waals surface area contributed by atoms with Gasteiger partial charge in [0.2, 0.25) is 0 Å². The molecule has 104 valence electrons. The lowest BCUT2D eigenvalue weighted by Gasteiger charge is -2.16. The number of esters is 2. The van der Waals surface area contributed by atoms with E-state index in [0.717, 1.165) is 5.56 Å². The van der Waals surface area contributed by atoms with Crippen molar-refractivity contribution in [2.45, 2.75) is 6.61 Å². The molecule has 0 aromatic heterocycles. The molecule has 6 nitrogen and oxygen atoms in total. The fraction of sp³-hybridized carbons (Fsp3) is 0.357. The lowest BCUT2D eigenvalue weighted by Crippen LogP contribution is -2.31. The molecule has 0 radical (unpaired) electrons. The van der Waals surface area contributed by atoms with Gasteiger partial charge in [0.25, 0.3) is 0 Å². The van der Waals surface area contributed by atoms with Crippen molar-refractivity contribution in [3.05, 3.63) is 35.9 Å². The molecule has 2 atom stereocenters. The fourth-order valence-electron chi connectivity index (χ4n) is 2.49. The standard InChI is InChI=1S/C14H13NO5/c16-12-10-6-15(7-11(10)13(17)20-12)14(18)19-8-9-4-2-1-3-5-9/h1-5,10-11H,6-8H2. The Balaban J connectivity index is 1.57. The van der Waals surface area contributed by atoms with Gasteiger partial charge in [-0.25, -0.2) is 4.79 Å². The van der Waals surface area contributed by atoms with Gasteiger partial charge in [0, 0.05) is 13.1 Å². The number of ether oxygens (including phenoxy) is 2. The summed E-state index contributed by atoms with van der Waals surface area (Å²) >= 11 is 0. The zero-order valence-corrected chi connectivity index (χ0v) is 10.7. The van der Waals surface area contributed by atoms with Gasteiger partial charge in [-0.2, -0.15) is 0 Å². The van der Waals surface area contributed by atoms with Crippen molar-refractivity contribution in [2.24, 2.45) is 11.8 Å². The third-order valence-electron chi connectivity index (χ3n) is 3.59. The molecule has 0 bridgehead atoms. The van der Waals surface area contributed by atoms with Gasteiger partial charge in [0.15, 0.2) is 0 Å². The summed E-state index contributed by atoms with van der Waals surface area (Å²) < 4.78 is 9.70. The molecule has 20 heavy (non-hydrogen) atoms. The highest BCUT2D eigenvalue weighted by atomic mass is 16.6. The van der Waals surface area contributed by atoms with Crippen LogP contribution in [0.5, 0.6) is 0 Å². The molecule has 2 aliphatic heterocycles. The number of amides is 1. The number of likely N-dealkylation sites (tertiary alicyclic amines) is 1. The Hall–Kier alpha value is -2.37. The average molecular weight is 275 g/mol. The van der Waals surface area contributed by atoms with E-state index in [1.165, 1.54) is 4.90 Å². The predicted octanol–water partition coefficient (Wildman–Crippen LogP) is 0.955. The molecule has 2 aliphatic rings. The van der Waals surface area contributed by atoms with Crippen molar-refractivity contribution in [1.29, 1.82) is 0 Å². The van der Waals surface area contributed by atoms with E-state index >= 15 is 0 Å². The summed E-state index contributed by atoms with van der Waals surface area (Å²) in [5.74, 6) is -2.16. The van der Waals surface area contributed by atoms with Crippen LogP contribution in [0.2, 0.25) is 0 Å². The second kappa shape index (κ2) is 4.96. The molecule has 0 saturated carbocycles. The first-order chi connectivity index (χ1) is 9.65. The summed E-state index contributed by atoms with van der Waals surface area (Å²) in [4.78, 5) is 36.1. The minimum Gasteiger partial charge on any atom is -0.445 e. The monoisotopic (exact) mass is 275 g/mol. The normalized spacial score (nSPS) is 24.5. The maximum atomic E-state index is 11.9. The first-order valence-corrected chi connectivity index (χ1v) is 6.36. The maximum Gasteiger partial charge on any atom is 0.410 e. The van der Waals surface area contributed by atoms with Crippen LogP contribution >= 0.6 is 0 Å². The lowest BCUT2D eigenvalue weighted by atomic mass is 10.00. The van der Waals surface area contributed by atoms with E-state index in [9.17, 15) is 14.4 Å². The summed E-state index contributed by atoms with van der Waals surface area (Å²) in [7, 11) is 0. The Morgan fingerprint density at radius 3 is 2.35 bits per heavy atom. The summed E-state index contributed by atoms with van der Waals surface area (Å²) in [6, 6.07) is 9.31. The lowest BCUT2D eigenvalue weighted by molar-refractivity contribution is -0.154. The molecule has 1 aromatic rings. The number of carbonyl (C=O) groups excluding carboxylic acids is 3. The Kier molecular flexibility index (Phi) is 3.14. The number of fused-ring (bicyclic) bond motifs is 1. The van der Waals surface area contributed by atoms with Crippen LogP contribution in [0.15, 0.2) is 30.3 Å². The van der Waals surface area contributed by atoms with Crippen molar-refractivity contribution in [1.82, 2.24) is 4.90 Å². The largest absolute Gasteiger partial charge is 0.445 e. The highest BCUT2D eigenvalue weighted by Crippen LogP contribution is 2.31. The Morgan fingerprint density at radius 2 is 1.75 bits per heavy atom. The SMILES string of the molecule is O=C1OC(=O)C2CN(C(=O)OCc3ccccc3)CC12. The number of carbonyl (C=O) groups is 3. The highest BCUT2D eigenvalue weighted by Gasteiger charge is 2.51. The van der Waals surface area contributed by atoms with Crippen LogP contribution in [-0.2, 0) is 25.7 Å². The van der Waals surface area contributed by atoms with Crippen molar-refractivity contribution in [3.8, 4) is 0 Å². The van der Waals surface area contributed by atoms with Gasteiger partial charge >= 0.3 is 18.0 Å².